The number of halogens is 1. The van der Waals surface area contributed by atoms with Crippen molar-refractivity contribution >= 4 is 63.3 Å². The fourth-order valence-corrected chi connectivity index (χ4v) is 3.80. The molecule has 0 bridgehead atoms. The number of hydrogen-bond acceptors (Lipinski definition) is 4. The van der Waals surface area contributed by atoms with Crippen molar-refractivity contribution in [2.75, 3.05) is 23.9 Å². The lowest BCUT2D eigenvalue weighted by molar-refractivity contribution is -0.113. The summed E-state index contributed by atoms with van der Waals surface area (Å²) in [5, 5.41) is 0.609. The van der Waals surface area contributed by atoms with Gasteiger partial charge < -0.3 is 4.90 Å². The number of carbonyl (C=O) groups excluding carboxylic acids is 1. The maximum atomic E-state index is 12.7. The maximum absolute atomic E-state index is 12.7. The van der Waals surface area contributed by atoms with Gasteiger partial charge >= 0.3 is 0 Å². The molecule has 1 aliphatic heterocycles. The summed E-state index contributed by atoms with van der Waals surface area (Å²) in [4.78, 5) is 16.9. The van der Waals surface area contributed by atoms with Gasteiger partial charge in [-0.15, -0.1) is 0 Å². The minimum absolute atomic E-state index is 0.123. The highest BCUT2D eigenvalue weighted by Gasteiger charge is 2.33. The van der Waals surface area contributed by atoms with Crippen LogP contribution in [0, 0.1) is 0 Å². The van der Waals surface area contributed by atoms with E-state index in [2.05, 4.69) is 0 Å². The van der Waals surface area contributed by atoms with Gasteiger partial charge in [-0.25, -0.2) is 0 Å². The summed E-state index contributed by atoms with van der Waals surface area (Å²) in [6.07, 6.45) is 1.79. The van der Waals surface area contributed by atoms with Crippen molar-refractivity contribution in [2.45, 2.75) is 0 Å². The van der Waals surface area contributed by atoms with E-state index in [-0.39, 0.29) is 5.91 Å². The van der Waals surface area contributed by atoms with Crippen LogP contribution in [0.25, 0.3) is 6.08 Å². The van der Waals surface area contributed by atoms with E-state index in [9.17, 15) is 4.79 Å². The number of nitrogens with zero attached hydrogens (tertiary/aromatic N) is 2. The second-order valence-electron chi connectivity index (χ2n) is 5.45. The van der Waals surface area contributed by atoms with Crippen LogP contribution in [0.4, 0.5) is 11.4 Å². The van der Waals surface area contributed by atoms with E-state index in [0.717, 1.165) is 16.9 Å². The van der Waals surface area contributed by atoms with Gasteiger partial charge in [-0.1, -0.05) is 53.8 Å². The molecular weight excluding hydrogens is 360 g/mol. The molecule has 0 radical (unpaired) electrons. The molecule has 0 unspecified atom stereocenters. The molecule has 0 aliphatic carbocycles. The largest absolute Gasteiger partial charge is 0.378 e. The summed E-state index contributed by atoms with van der Waals surface area (Å²) < 4.78 is 0.524. The van der Waals surface area contributed by atoms with Crippen LogP contribution in [-0.2, 0) is 4.79 Å². The van der Waals surface area contributed by atoms with E-state index >= 15 is 0 Å². The van der Waals surface area contributed by atoms with Crippen molar-refractivity contribution in [3.63, 3.8) is 0 Å². The third kappa shape index (κ3) is 3.34. The summed E-state index contributed by atoms with van der Waals surface area (Å²) >= 11 is 12.9. The lowest BCUT2D eigenvalue weighted by Crippen LogP contribution is -2.27. The number of amides is 1. The number of anilines is 2. The van der Waals surface area contributed by atoms with E-state index in [1.807, 2.05) is 61.5 Å². The molecule has 1 amide bonds. The lowest BCUT2D eigenvalue weighted by atomic mass is 10.2. The van der Waals surface area contributed by atoms with Gasteiger partial charge in [0.15, 0.2) is 4.32 Å². The summed E-state index contributed by atoms with van der Waals surface area (Å²) in [5.41, 5.74) is 2.64. The highest BCUT2D eigenvalue weighted by atomic mass is 35.5. The zero-order valence-corrected chi connectivity index (χ0v) is 15.6. The van der Waals surface area contributed by atoms with Crippen molar-refractivity contribution in [3.05, 3.63) is 64.0 Å². The van der Waals surface area contributed by atoms with Crippen molar-refractivity contribution in [1.82, 2.24) is 0 Å². The highest BCUT2D eigenvalue weighted by molar-refractivity contribution is 8.27. The molecule has 1 aliphatic rings. The fraction of sp³-hybridized carbons (Fsp3) is 0.111. The van der Waals surface area contributed by atoms with Gasteiger partial charge in [-0.05, 0) is 42.0 Å². The van der Waals surface area contributed by atoms with E-state index < -0.39 is 0 Å². The SMILES string of the molecule is CN(C)c1ccc(N2C(=O)/C(=C/c3ccccc3Cl)SC2=S)cc1. The third-order valence-corrected chi connectivity index (χ3v) is 5.26. The first-order chi connectivity index (χ1) is 11.5. The van der Waals surface area contributed by atoms with E-state index in [1.54, 1.807) is 17.0 Å². The number of hydrogen-bond donors (Lipinski definition) is 0. The molecule has 3 rings (SSSR count). The number of carbonyl (C=O) groups is 1. The lowest BCUT2D eigenvalue weighted by Gasteiger charge is -2.17. The Morgan fingerprint density at radius 2 is 1.79 bits per heavy atom. The van der Waals surface area contributed by atoms with Crippen molar-refractivity contribution in [3.8, 4) is 0 Å². The van der Waals surface area contributed by atoms with Gasteiger partial charge in [-0.2, -0.15) is 0 Å². The fourth-order valence-electron chi connectivity index (χ4n) is 2.32. The summed E-state index contributed by atoms with van der Waals surface area (Å²) in [6.45, 7) is 0. The number of thioether (sulfide) groups is 1. The van der Waals surface area contributed by atoms with Gasteiger partial charge in [0.25, 0.3) is 5.91 Å². The zero-order chi connectivity index (χ0) is 17.3. The monoisotopic (exact) mass is 374 g/mol. The first kappa shape index (κ1) is 17.0. The maximum Gasteiger partial charge on any atom is 0.270 e. The predicted molar refractivity (Wildman–Crippen MR) is 108 cm³/mol. The first-order valence-corrected chi connectivity index (χ1v) is 8.87. The Hall–Kier alpha value is -1.82. The minimum Gasteiger partial charge on any atom is -0.378 e. The molecule has 0 aromatic heterocycles. The molecule has 0 atom stereocenters. The predicted octanol–water partition coefficient (Wildman–Crippen LogP) is 4.81. The van der Waals surface area contributed by atoms with Gasteiger partial charge in [0.05, 0.1) is 10.6 Å². The standard InChI is InChI=1S/C18H15ClN2OS2/c1-20(2)13-7-9-14(10-8-13)21-17(22)16(24-18(21)23)11-12-5-3-4-6-15(12)19/h3-11H,1-2H3/b16-11-. The zero-order valence-electron chi connectivity index (χ0n) is 13.2. The van der Waals surface area contributed by atoms with Crippen LogP contribution >= 0.6 is 35.6 Å². The van der Waals surface area contributed by atoms with Gasteiger partial charge in [0.1, 0.15) is 0 Å². The topological polar surface area (TPSA) is 23.6 Å². The molecule has 24 heavy (non-hydrogen) atoms. The summed E-state index contributed by atoms with van der Waals surface area (Å²) in [7, 11) is 3.95. The molecule has 1 heterocycles. The Morgan fingerprint density at radius 3 is 2.42 bits per heavy atom. The van der Waals surface area contributed by atoms with Gasteiger partial charge in [0, 0.05) is 24.8 Å². The molecule has 0 N–H and O–H groups in total. The minimum atomic E-state index is -0.123. The quantitative estimate of drug-likeness (QED) is 0.568. The average molecular weight is 375 g/mol. The second-order valence-corrected chi connectivity index (χ2v) is 7.53. The van der Waals surface area contributed by atoms with Crippen LogP contribution in [-0.4, -0.2) is 24.3 Å². The molecule has 6 heteroatoms. The Bertz CT molecular complexity index is 831. The summed E-state index contributed by atoms with van der Waals surface area (Å²) in [6, 6.07) is 15.2. The second kappa shape index (κ2) is 6.97. The number of rotatable bonds is 3. The van der Waals surface area contributed by atoms with Crippen LogP contribution in [0.15, 0.2) is 53.4 Å². The third-order valence-electron chi connectivity index (χ3n) is 3.61. The molecule has 2 aromatic rings. The highest BCUT2D eigenvalue weighted by Crippen LogP contribution is 2.37. The van der Waals surface area contributed by atoms with Crippen LogP contribution in [0.2, 0.25) is 5.02 Å². The average Bonchev–Trinajstić information content (AvgIpc) is 2.84. The van der Waals surface area contributed by atoms with Crippen LogP contribution in [0.3, 0.4) is 0 Å². The van der Waals surface area contributed by atoms with Gasteiger partial charge in [-0.3, -0.25) is 9.69 Å². The molecule has 122 valence electrons. The van der Waals surface area contributed by atoms with Crippen LogP contribution < -0.4 is 9.80 Å². The number of benzene rings is 2. The molecule has 0 saturated carbocycles. The Labute approximate surface area is 155 Å². The van der Waals surface area contributed by atoms with Crippen LogP contribution in [0.1, 0.15) is 5.56 Å². The van der Waals surface area contributed by atoms with E-state index in [1.165, 1.54) is 11.8 Å². The normalized spacial score (nSPS) is 16.1. The smallest absolute Gasteiger partial charge is 0.270 e. The van der Waals surface area contributed by atoms with E-state index in [0.29, 0.717) is 14.2 Å². The van der Waals surface area contributed by atoms with Crippen LogP contribution in [0.5, 0.6) is 0 Å². The van der Waals surface area contributed by atoms with E-state index in [4.69, 9.17) is 23.8 Å². The van der Waals surface area contributed by atoms with Crippen molar-refractivity contribution in [1.29, 1.82) is 0 Å². The number of thiocarbonyl (C=S) groups is 1. The molecule has 1 saturated heterocycles. The molecule has 1 fully saturated rings. The molecule has 0 spiro atoms. The first-order valence-electron chi connectivity index (χ1n) is 7.27. The van der Waals surface area contributed by atoms with Crippen molar-refractivity contribution in [2.24, 2.45) is 0 Å². The summed E-state index contributed by atoms with van der Waals surface area (Å²) in [5.74, 6) is -0.123. The molecular formula is C18H15ClN2OS2. The van der Waals surface area contributed by atoms with Gasteiger partial charge in [0.2, 0.25) is 0 Å². The Morgan fingerprint density at radius 1 is 1.12 bits per heavy atom. The van der Waals surface area contributed by atoms with Crippen molar-refractivity contribution < 1.29 is 4.79 Å². The Kier molecular flexibility index (Phi) is 4.94. The Balaban J connectivity index is 1.91. The molecule has 3 nitrogen and oxygen atoms in total. The molecule has 2 aromatic carbocycles.